The molecule has 1 aromatic rings. The van der Waals surface area contributed by atoms with E-state index < -0.39 is 0 Å². The third kappa shape index (κ3) is 3.62. The van der Waals surface area contributed by atoms with Gasteiger partial charge < -0.3 is 5.32 Å². The van der Waals surface area contributed by atoms with E-state index >= 15 is 0 Å². The lowest BCUT2D eigenvalue weighted by Gasteiger charge is -2.40. The van der Waals surface area contributed by atoms with Gasteiger partial charge in [0.25, 0.3) is 0 Å². The van der Waals surface area contributed by atoms with Gasteiger partial charge in [-0.3, -0.25) is 4.90 Å². The van der Waals surface area contributed by atoms with Crippen LogP contribution in [0.25, 0.3) is 0 Å². The highest BCUT2D eigenvalue weighted by Gasteiger charge is 2.38. The van der Waals surface area contributed by atoms with Gasteiger partial charge in [0.05, 0.1) is 0 Å². The van der Waals surface area contributed by atoms with E-state index in [-0.39, 0.29) is 0 Å². The molecule has 2 unspecified atom stereocenters. The van der Waals surface area contributed by atoms with E-state index in [9.17, 15) is 0 Å². The summed E-state index contributed by atoms with van der Waals surface area (Å²) in [7, 11) is 2.10. The molecule has 1 saturated carbocycles. The van der Waals surface area contributed by atoms with Crippen LogP contribution >= 0.6 is 0 Å². The van der Waals surface area contributed by atoms with Crippen LogP contribution in [0.2, 0.25) is 0 Å². The van der Waals surface area contributed by atoms with E-state index in [4.69, 9.17) is 0 Å². The first kappa shape index (κ1) is 15.5. The highest BCUT2D eigenvalue weighted by atomic mass is 15.2. The van der Waals surface area contributed by atoms with Crippen molar-refractivity contribution < 1.29 is 0 Å². The van der Waals surface area contributed by atoms with Crippen molar-refractivity contribution in [2.45, 2.75) is 58.2 Å². The third-order valence-electron chi connectivity index (χ3n) is 4.37. The molecule has 0 radical (unpaired) electrons. The third-order valence-corrected chi connectivity index (χ3v) is 4.37. The van der Waals surface area contributed by atoms with Gasteiger partial charge in [-0.25, -0.2) is 0 Å². The number of likely N-dealkylation sites (N-methyl/N-ethyl adjacent to an activating group) is 1. The van der Waals surface area contributed by atoms with Gasteiger partial charge in [0, 0.05) is 18.1 Å². The Labute approximate surface area is 124 Å². The van der Waals surface area contributed by atoms with Gasteiger partial charge in [-0.15, -0.1) is 0 Å². The molecule has 2 rings (SSSR count). The van der Waals surface area contributed by atoms with Gasteiger partial charge in [-0.1, -0.05) is 51.1 Å². The minimum Gasteiger partial charge on any atom is -0.312 e. The van der Waals surface area contributed by atoms with Crippen LogP contribution in [0.4, 0.5) is 0 Å². The monoisotopic (exact) mass is 274 g/mol. The fraction of sp³-hybridized carbons (Fsp3) is 0.667. The Hall–Kier alpha value is -0.860. The van der Waals surface area contributed by atoms with Crippen molar-refractivity contribution >= 4 is 0 Å². The maximum Gasteiger partial charge on any atom is 0.0478 e. The van der Waals surface area contributed by atoms with Gasteiger partial charge in [0.1, 0.15) is 0 Å². The van der Waals surface area contributed by atoms with E-state index in [1.807, 2.05) is 0 Å². The molecule has 0 aromatic heterocycles. The van der Waals surface area contributed by atoms with E-state index in [0.29, 0.717) is 18.0 Å². The molecular formula is C18H30N2. The zero-order valence-corrected chi connectivity index (χ0v) is 13.5. The highest BCUT2D eigenvalue weighted by molar-refractivity contribution is 5.21. The molecule has 0 aliphatic heterocycles. The summed E-state index contributed by atoms with van der Waals surface area (Å²) in [5, 5.41) is 3.58. The summed E-state index contributed by atoms with van der Waals surface area (Å²) in [4.78, 5) is 2.76. The summed E-state index contributed by atoms with van der Waals surface area (Å²) in [6, 6.07) is 12.7. The molecule has 20 heavy (non-hydrogen) atoms. The molecule has 0 bridgehead atoms. The number of nitrogens with zero attached hydrogens (tertiary/aromatic N) is 1. The van der Waals surface area contributed by atoms with Gasteiger partial charge in [0.15, 0.2) is 0 Å². The Bertz CT molecular complexity index is 384. The lowest BCUT2D eigenvalue weighted by Crippen LogP contribution is -2.48. The van der Waals surface area contributed by atoms with Crippen LogP contribution in [-0.4, -0.2) is 30.6 Å². The van der Waals surface area contributed by atoms with E-state index in [0.717, 1.165) is 6.04 Å². The van der Waals surface area contributed by atoms with Gasteiger partial charge >= 0.3 is 0 Å². The van der Waals surface area contributed by atoms with Gasteiger partial charge in [0.2, 0.25) is 0 Å². The second-order valence-corrected chi connectivity index (χ2v) is 6.38. The Balaban J connectivity index is 2.25. The summed E-state index contributed by atoms with van der Waals surface area (Å²) in [6.07, 6.45) is 4.01. The molecule has 2 atom stereocenters. The Kier molecular flexibility index (Phi) is 5.62. The van der Waals surface area contributed by atoms with E-state index in [2.05, 4.69) is 68.4 Å². The fourth-order valence-electron chi connectivity index (χ4n) is 3.39. The lowest BCUT2D eigenvalue weighted by molar-refractivity contribution is 0.111. The first-order valence-electron chi connectivity index (χ1n) is 8.17. The van der Waals surface area contributed by atoms with Crippen LogP contribution in [0.15, 0.2) is 30.3 Å². The molecule has 2 heteroatoms. The van der Waals surface area contributed by atoms with Gasteiger partial charge in [-0.05, 0) is 44.3 Å². The average molecular weight is 274 g/mol. The van der Waals surface area contributed by atoms with Crippen molar-refractivity contribution in [2.24, 2.45) is 5.92 Å². The quantitative estimate of drug-likeness (QED) is 0.774. The standard InChI is InChI=1S/C18H30N2/c1-5-13-20(16-11-12-16)18(14(2)3)17(19-4)15-9-7-6-8-10-15/h6-10,14,16-19H,5,11-13H2,1-4H3. The molecule has 1 aliphatic carbocycles. The maximum absolute atomic E-state index is 3.58. The molecule has 1 aliphatic rings. The van der Waals surface area contributed by atoms with Crippen molar-refractivity contribution in [3.63, 3.8) is 0 Å². The van der Waals surface area contributed by atoms with Crippen LogP contribution < -0.4 is 5.32 Å². The molecule has 1 fully saturated rings. The highest BCUT2D eigenvalue weighted by Crippen LogP contribution is 2.35. The Morgan fingerprint density at radius 2 is 1.85 bits per heavy atom. The molecule has 0 saturated heterocycles. The second-order valence-electron chi connectivity index (χ2n) is 6.38. The molecule has 0 spiro atoms. The largest absolute Gasteiger partial charge is 0.312 e. The van der Waals surface area contributed by atoms with Gasteiger partial charge in [-0.2, -0.15) is 0 Å². The lowest BCUT2D eigenvalue weighted by atomic mass is 9.89. The number of hydrogen-bond acceptors (Lipinski definition) is 2. The van der Waals surface area contributed by atoms with Crippen LogP contribution in [0.1, 0.15) is 51.6 Å². The number of nitrogens with one attached hydrogen (secondary N) is 1. The molecule has 0 amide bonds. The predicted molar refractivity (Wildman–Crippen MR) is 86.9 cm³/mol. The smallest absolute Gasteiger partial charge is 0.0478 e. The summed E-state index contributed by atoms with van der Waals surface area (Å²) in [6.45, 7) is 8.24. The molecule has 0 heterocycles. The molecule has 112 valence electrons. The van der Waals surface area contributed by atoms with Crippen LogP contribution in [-0.2, 0) is 0 Å². The number of benzene rings is 1. The topological polar surface area (TPSA) is 15.3 Å². The van der Waals surface area contributed by atoms with Crippen molar-refractivity contribution in [1.82, 2.24) is 10.2 Å². The zero-order chi connectivity index (χ0) is 14.5. The molecule has 2 nitrogen and oxygen atoms in total. The maximum atomic E-state index is 3.58. The van der Waals surface area contributed by atoms with Crippen molar-refractivity contribution in [2.75, 3.05) is 13.6 Å². The minimum atomic E-state index is 0.420. The first-order chi connectivity index (χ1) is 9.69. The Morgan fingerprint density at radius 3 is 2.30 bits per heavy atom. The SMILES string of the molecule is CCCN(C1CC1)C(C(C)C)C(NC)c1ccccc1. The molecule has 1 aromatic carbocycles. The molecule has 1 N–H and O–H groups in total. The predicted octanol–water partition coefficient (Wildman–Crippen LogP) is 3.85. The summed E-state index contributed by atoms with van der Waals surface area (Å²) < 4.78 is 0. The van der Waals surface area contributed by atoms with Crippen molar-refractivity contribution in [1.29, 1.82) is 0 Å². The zero-order valence-electron chi connectivity index (χ0n) is 13.5. The second kappa shape index (κ2) is 7.24. The van der Waals surface area contributed by atoms with Crippen LogP contribution in [0, 0.1) is 5.92 Å². The van der Waals surface area contributed by atoms with Crippen molar-refractivity contribution in [3.8, 4) is 0 Å². The molecular weight excluding hydrogens is 244 g/mol. The van der Waals surface area contributed by atoms with E-state index in [1.54, 1.807) is 0 Å². The fourth-order valence-corrected chi connectivity index (χ4v) is 3.39. The van der Waals surface area contributed by atoms with Crippen LogP contribution in [0.3, 0.4) is 0 Å². The first-order valence-corrected chi connectivity index (χ1v) is 8.17. The summed E-state index contributed by atoms with van der Waals surface area (Å²) >= 11 is 0. The van der Waals surface area contributed by atoms with Crippen molar-refractivity contribution in [3.05, 3.63) is 35.9 Å². The Morgan fingerprint density at radius 1 is 1.20 bits per heavy atom. The minimum absolute atomic E-state index is 0.420. The normalized spacial score (nSPS) is 18.5. The van der Waals surface area contributed by atoms with Crippen LogP contribution in [0.5, 0.6) is 0 Å². The van der Waals surface area contributed by atoms with E-state index in [1.165, 1.54) is 31.4 Å². The summed E-state index contributed by atoms with van der Waals surface area (Å²) in [5.41, 5.74) is 1.41. The summed E-state index contributed by atoms with van der Waals surface area (Å²) in [5.74, 6) is 0.653. The number of hydrogen-bond donors (Lipinski definition) is 1. The average Bonchev–Trinajstić information content (AvgIpc) is 3.28. The number of rotatable bonds is 8.